The van der Waals surface area contributed by atoms with Gasteiger partial charge in [0.15, 0.2) is 0 Å². The molecular weight excluding hydrogens is 252 g/mol. The van der Waals surface area contributed by atoms with Gasteiger partial charge in [0.2, 0.25) is 0 Å². The molecule has 20 heavy (non-hydrogen) atoms. The minimum Gasteiger partial charge on any atom is -0.351 e. The van der Waals surface area contributed by atoms with Gasteiger partial charge < -0.3 is 5.73 Å². The summed E-state index contributed by atoms with van der Waals surface area (Å²) >= 11 is 0. The minimum atomic E-state index is -0.414. The molecule has 0 saturated carbocycles. The monoisotopic (exact) mass is 270 g/mol. The van der Waals surface area contributed by atoms with Crippen LogP contribution in [0.25, 0.3) is 0 Å². The highest BCUT2D eigenvalue weighted by molar-refractivity contribution is 5.94. The zero-order valence-electron chi connectivity index (χ0n) is 11.9. The van der Waals surface area contributed by atoms with E-state index in [-0.39, 0.29) is 6.04 Å². The highest BCUT2D eigenvalue weighted by Crippen LogP contribution is 2.41. The SMILES string of the molecule is Cc1nn(C)c(C)c1C1Cc2ccccc2N1C(N)=O. The van der Waals surface area contributed by atoms with Gasteiger partial charge in [-0.05, 0) is 31.9 Å². The van der Waals surface area contributed by atoms with Crippen LogP contribution in [0.5, 0.6) is 0 Å². The first kappa shape index (κ1) is 12.7. The second-order valence-electron chi connectivity index (χ2n) is 5.26. The number of carbonyl (C=O) groups excluding carboxylic acids is 1. The quantitative estimate of drug-likeness (QED) is 0.863. The molecule has 1 unspecified atom stereocenters. The number of nitrogens with zero attached hydrogens (tertiary/aromatic N) is 3. The Balaban J connectivity index is 2.14. The molecule has 0 fully saturated rings. The fourth-order valence-electron chi connectivity index (χ4n) is 3.16. The van der Waals surface area contributed by atoms with E-state index >= 15 is 0 Å². The largest absolute Gasteiger partial charge is 0.351 e. The van der Waals surface area contributed by atoms with Crippen LogP contribution in [0.3, 0.4) is 0 Å². The maximum atomic E-state index is 11.9. The summed E-state index contributed by atoms with van der Waals surface area (Å²) < 4.78 is 1.85. The third-order valence-electron chi connectivity index (χ3n) is 4.11. The fourth-order valence-corrected chi connectivity index (χ4v) is 3.16. The Labute approximate surface area is 118 Å². The molecular formula is C15H18N4O. The van der Waals surface area contributed by atoms with Crippen LogP contribution in [0.4, 0.5) is 10.5 Å². The molecule has 1 aromatic carbocycles. The molecule has 2 aromatic rings. The number of primary amides is 1. The van der Waals surface area contributed by atoms with E-state index < -0.39 is 6.03 Å². The van der Waals surface area contributed by atoms with Crippen LogP contribution in [0.15, 0.2) is 24.3 Å². The van der Waals surface area contributed by atoms with Gasteiger partial charge in [-0.1, -0.05) is 18.2 Å². The Hall–Kier alpha value is -2.30. The van der Waals surface area contributed by atoms with Crippen molar-refractivity contribution in [2.24, 2.45) is 12.8 Å². The number of amides is 2. The van der Waals surface area contributed by atoms with Gasteiger partial charge in [-0.15, -0.1) is 0 Å². The number of benzene rings is 1. The molecule has 2 amide bonds. The number of aromatic nitrogens is 2. The number of anilines is 1. The van der Waals surface area contributed by atoms with Gasteiger partial charge in [0, 0.05) is 24.0 Å². The Morgan fingerprint density at radius 2 is 2.05 bits per heavy atom. The number of aryl methyl sites for hydroxylation is 2. The predicted molar refractivity (Wildman–Crippen MR) is 77.6 cm³/mol. The lowest BCUT2D eigenvalue weighted by Crippen LogP contribution is -2.37. The molecule has 1 atom stereocenters. The van der Waals surface area contributed by atoms with Crippen LogP contribution in [0, 0.1) is 13.8 Å². The third kappa shape index (κ3) is 1.70. The Bertz CT molecular complexity index is 689. The number of hydrogen-bond acceptors (Lipinski definition) is 2. The van der Waals surface area contributed by atoms with Gasteiger partial charge >= 0.3 is 6.03 Å². The van der Waals surface area contributed by atoms with Gasteiger partial charge in [0.05, 0.1) is 11.7 Å². The van der Waals surface area contributed by atoms with Crippen molar-refractivity contribution in [2.75, 3.05) is 4.90 Å². The Morgan fingerprint density at radius 3 is 2.65 bits per heavy atom. The van der Waals surface area contributed by atoms with E-state index in [9.17, 15) is 4.79 Å². The molecule has 0 bridgehead atoms. The Morgan fingerprint density at radius 1 is 1.35 bits per heavy atom. The van der Waals surface area contributed by atoms with Crippen molar-refractivity contribution < 1.29 is 4.79 Å². The maximum absolute atomic E-state index is 11.9. The van der Waals surface area contributed by atoms with E-state index in [0.29, 0.717) is 0 Å². The molecule has 0 spiro atoms. The van der Waals surface area contributed by atoms with Crippen molar-refractivity contribution in [1.29, 1.82) is 0 Å². The van der Waals surface area contributed by atoms with Crippen LogP contribution < -0.4 is 10.6 Å². The number of urea groups is 1. The van der Waals surface area contributed by atoms with Crippen LogP contribution in [-0.2, 0) is 13.5 Å². The lowest BCUT2D eigenvalue weighted by molar-refractivity contribution is 0.252. The highest BCUT2D eigenvalue weighted by Gasteiger charge is 2.36. The molecule has 0 saturated heterocycles. The molecule has 1 aliphatic rings. The van der Waals surface area contributed by atoms with E-state index in [0.717, 1.165) is 34.6 Å². The van der Waals surface area contributed by atoms with Crippen molar-refractivity contribution in [3.63, 3.8) is 0 Å². The number of carbonyl (C=O) groups is 1. The van der Waals surface area contributed by atoms with Gasteiger partial charge in [0.25, 0.3) is 0 Å². The highest BCUT2D eigenvalue weighted by atomic mass is 16.2. The molecule has 5 nitrogen and oxygen atoms in total. The first-order chi connectivity index (χ1) is 9.50. The number of rotatable bonds is 1. The summed E-state index contributed by atoms with van der Waals surface area (Å²) in [5.74, 6) is 0. The third-order valence-corrected chi connectivity index (χ3v) is 4.11. The molecule has 2 heterocycles. The number of hydrogen-bond donors (Lipinski definition) is 1. The topological polar surface area (TPSA) is 64.2 Å². The average molecular weight is 270 g/mol. The second kappa shape index (κ2) is 4.37. The average Bonchev–Trinajstić information content (AvgIpc) is 2.87. The fraction of sp³-hybridized carbons (Fsp3) is 0.333. The van der Waals surface area contributed by atoms with E-state index in [1.807, 2.05) is 49.8 Å². The smallest absolute Gasteiger partial charge is 0.319 e. The molecule has 2 N–H and O–H groups in total. The summed E-state index contributed by atoms with van der Waals surface area (Å²) in [5.41, 5.74) is 10.8. The van der Waals surface area contributed by atoms with Crippen LogP contribution >= 0.6 is 0 Å². The molecule has 104 valence electrons. The van der Waals surface area contributed by atoms with Crippen molar-refractivity contribution in [2.45, 2.75) is 26.3 Å². The van der Waals surface area contributed by atoms with Crippen molar-refractivity contribution >= 4 is 11.7 Å². The Kier molecular flexibility index (Phi) is 2.78. The first-order valence-corrected chi connectivity index (χ1v) is 6.67. The second-order valence-corrected chi connectivity index (χ2v) is 5.26. The zero-order valence-corrected chi connectivity index (χ0v) is 11.9. The lowest BCUT2D eigenvalue weighted by Gasteiger charge is -2.24. The van der Waals surface area contributed by atoms with Gasteiger partial charge in [-0.2, -0.15) is 5.10 Å². The van der Waals surface area contributed by atoms with Crippen molar-refractivity contribution in [3.8, 4) is 0 Å². The summed E-state index contributed by atoms with van der Waals surface area (Å²) in [5, 5.41) is 4.45. The summed E-state index contributed by atoms with van der Waals surface area (Å²) in [7, 11) is 1.92. The van der Waals surface area contributed by atoms with Gasteiger partial charge in [0.1, 0.15) is 0 Å². The maximum Gasteiger partial charge on any atom is 0.319 e. The normalized spacial score (nSPS) is 17.4. The van der Waals surface area contributed by atoms with Crippen molar-refractivity contribution in [3.05, 3.63) is 46.8 Å². The molecule has 5 heteroatoms. The molecule has 1 aromatic heterocycles. The molecule has 3 rings (SSSR count). The predicted octanol–water partition coefficient (Wildman–Crippen LogP) is 2.22. The number of fused-ring (bicyclic) bond motifs is 1. The van der Waals surface area contributed by atoms with Crippen LogP contribution in [-0.4, -0.2) is 15.8 Å². The summed E-state index contributed by atoms with van der Waals surface area (Å²) in [4.78, 5) is 13.6. The van der Waals surface area contributed by atoms with Crippen LogP contribution in [0.1, 0.15) is 28.6 Å². The van der Waals surface area contributed by atoms with E-state index in [4.69, 9.17) is 5.73 Å². The first-order valence-electron chi connectivity index (χ1n) is 6.67. The minimum absolute atomic E-state index is 0.0569. The zero-order chi connectivity index (χ0) is 14.4. The van der Waals surface area contributed by atoms with E-state index in [2.05, 4.69) is 5.10 Å². The summed E-state index contributed by atoms with van der Waals surface area (Å²) in [6, 6.07) is 7.44. The van der Waals surface area contributed by atoms with E-state index in [1.54, 1.807) is 4.90 Å². The molecule has 1 aliphatic heterocycles. The van der Waals surface area contributed by atoms with Crippen molar-refractivity contribution in [1.82, 2.24) is 9.78 Å². The van der Waals surface area contributed by atoms with Gasteiger partial charge in [-0.25, -0.2) is 4.79 Å². The summed E-state index contributed by atoms with van der Waals surface area (Å²) in [6.07, 6.45) is 0.784. The summed E-state index contributed by atoms with van der Waals surface area (Å²) in [6.45, 7) is 4.00. The lowest BCUT2D eigenvalue weighted by atomic mass is 10.0. The number of para-hydroxylation sites is 1. The molecule has 0 radical (unpaired) electrons. The van der Waals surface area contributed by atoms with E-state index in [1.165, 1.54) is 0 Å². The standard InChI is InChI=1S/C15H18N4O/c1-9-14(10(2)18(3)17-9)13-8-11-6-4-5-7-12(11)19(13)15(16)20/h4-7,13H,8H2,1-3H3,(H2,16,20). The number of nitrogens with two attached hydrogens (primary N) is 1. The van der Waals surface area contributed by atoms with Crippen LogP contribution in [0.2, 0.25) is 0 Å². The van der Waals surface area contributed by atoms with Gasteiger partial charge in [-0.3, -0.25) is 9.58 Å². The molecule has 0 aliphatic carbocycles.